The third-order valence-electron chi connectivity index (χ3n) is 5.47. The van der Waals surface area contributed by atoms with E-state index in [0.29, 0.717) is 37.4 Å². The first kappa shape index (κ1) is 24.1. The van der Waals surface area contributed by atoms with Gasteiger partial charge in [-0.2, -0.15) is 0 Å². The number of hydrogen-bond acceptors (Lipinski definition) is 5. The molecular formula is C25H29FN4O3. The van der Waals surface area contributed by atoms with Gasteiger partial charge in [-0.25, -0.2) is 9.37 Å². The van der Waals surface area contributed by atoms with Crippen molar-refractivity contribution in [1.82, 2.24) is 19.8 Å². The number of carbonyl (C=O) groups excluding carboxylic acids is 1. The molecule has 0 aliphatic rings. The number of methoxy groups -OCH3 is 1. The summed E-state index contributed by atoms with van der Waals surface area (Å²) in [6.07, 6.45) is 1.94. The van der Waals surface area contributed by atoms with Gasteiger partial charge in [0.05, 0.1) is 25.9 Å². The highest BCUT2D eigenvalue weighted by atomic mass is 19.1. The van der Waals surface area contributed by atoms with Crippen molar-refractivity contribution in [3.63, 3.8) is 0 Å². The fourth-order valence-electron chi connectivity index (χ4n) is 3.74. The zero-order chi connectivity index (χ0) is 23.8. The van der Waals surface area contributed by atoms with Gasteiger partial charge in [-0.1, -0.05) is 37.3 Å². The van der Waals surface area contributed by atoms with E-state index in [2.05, 4.69) is 10.3 Å². The van der Waals surface area contributed by atoms with Crippen LogP contribution >= 0.6 is 0 Å². The molecule has 0 saturated heterocycles. The molecule has 0 aliphatic heterocycles. The van der Waals surface area contributed by atoms with Crippen LogP contribution in [0, 0.1) is 5.82 Å². The van der Waals surface area contributed by atoms with Crippen molar-refractivity contribution in [1.29, 1.82) is 0 Å². The molecule has 7 nitrogen and oxygen atoms in total. The van der Waals surface area contributed by atoms with E-state index in [9.17, 15) is 14.0 Å². The van der Waals surface area contributed by atoms with E-state index in [1.165, 1.54) is 37.6 Å². The normalized spacial score (nSPS) is 11.8. The molecule has 174 valence electrons. The molecule has 3 aromatic rings. The summed E-state index contributed by atoms with van der Waals surface area (Å²) in [6, 6.07) is 14.6. The second-order valence-electron chi connectivity index (χ2n) is 7.59. The quantitative estimate of drug-likeness (QED) is 0.511. The van der Waals surface area contributed by atoms with Crippen molar-refractivity contribution >= 4 is 5.91 Å². The predicted octanol–water partition coefficient (Wildman–Crippen LogP) is 3.25. The van der Waals surface area contributed by atoms with Gasteiger partial charge < -0.3 is 15.0 Å². The average molecular weight is 453 g/mol. The van der Waals surface area contributed by atoms with Crippen LogP contribution < -0.4 is 15.6 Å². The summed E-state index contributed by atoms with van der Waals surface area (Å²) in [5.41, 5.74) is 0.987. The van der Waals surface area contributed by atoms with Gasteiger partial charge >= 0.3 is 0 Å². The maximum atomic E-state index is 13.4. The molecule has 0 bridgehead atoms. The number of aromatic nitrogens is 2. The SMILES string of the molecule is CCC(c1ncc(OC)c(=O)n1Cc1ccccc1)N(CCNC)C(=O)c1ccc(F)cc1. The van der Waals surface area contributed by atoms with Crippen molar-refractivity contribution in [2.75, 3.05) is 27.2 Å². The number of halogens is 1. The maximum Gasteiger partial charge on any atom is 0.296 e. The molecule has 2 aromatic carbocycles. The molecule has 0 aliphatic carbocycles. The Morgan fingerprint density at radius 2 is 1.88 bits per heavy atom. The maximum absolute atomic E-state index is 13.4. The van der Waals surface area contributed by atoms with Gasteiger partial charge in [-0.15, -0.1) is 0 Å². The van der Waals surface area contributed by atoms with E-state index in [1.807, 2.05) is 37.3 Å². The Balaban J connectivity index is 2.09. The lowest BCUT2D eigenvalue weighted by molar-refractivity contribution is 0.0659. The van der Waals surface area contributed by atoms with Crippen LogP contribution in [0.15, 0.2) is 65.6 Å². The molecule has 0 radical (unpaired) electrons. The molecule has 1 unspecified atom stereocenters. The highest BCUT2D eigenvalue weighted by Gasteiger charge is 2.29. The molecule has 33 heavy (non-hydrogen) atoms. The molecule has 0 fully saturated rings. The van der Waals surface area contributed by atoms with Crippen LogP contribution in [0.25, 0.3) is 0 Å². The molecule has 3 rings (SSSR count). The van der Waals surface area contributed by atoms with Crippen LogP contribution in [-0.4, -0.2) is 47.6 Å². The number of benzene rings is 2. The molecule has 1 N–H and O–H groups in total. The van der Waals surface area contributed by atoms with Crippen LogP contribution in [0.5, 0.6) is 5.75 Å². The summed E-state index contributed by atoms with van der Waals surface area (Å²) in [5, 5.41) is 3.07. The molecule has 1 heterocycles. The lowest BCUT2D eigenvalue weighted by atomic mass is 10.1. The Bertz CT molecular complexity index is 1120. The van der Waals surface area contributed by atoms with Gasteiger partial charge in [0.1, 0.15) is 11.6 Å². The summed E-state index contributed by atoms with van der Waals surface area (Å²) < 4.78 is 20.2. The summed E-state index contributed by atoms with van der Waals surface area (Å²) in [7, 11) is 3.23. The number of ether oxygens (including phenoxy) is 1. The lowest BCUT2D eigenvalue weighted by Crippen LogP contribution is -2.42. The first-order valence-electron chi connectivity index (χ1n) is 10.9. The summed E-state index contributed by atoms with van der Waals surface area (Å²) >= 11 is 0. The molecule has 1 aromatic heterocycles. The smallest absolute Gasteiger partial charge is 0.296 e. The minimum atomic E-state index is -0.474. The van der Waals surface area contributed by atoms with Crippen molar-refractivity contribution in [3.8, 4) is 5.75 Å². The van der Waals surface area contributed by atoms with E-state index in [4.69, 9.17) is 4.74 Å². The van der Waals surface area contributed by atoms with Crippen LogP contribution in [0.1, 0.15) is 41.1 Å². The van der Waals surface area contributed by atoms with Crippen molar-refractivity contribution < 1.29 is 13.9 Å². The Kier molecular flexibility index (Phi) is 8.32. The number of carbonyl (C=O) groups is 1. The number of hydrogen-bond donors (Lipinski definition) is 1. The van der Waals surface area contributed by atoms with Gasteiger partial charge in [0, 0.05) is 18.7 Å². The third kappa shape index (κ3) is 5.64. The number of likely N-dealkylation sites (N-methyl/N-ethyl adjacent to an activating group) is 1. The average Bonchev–Trinajstić information content (AvgIpc) is 2.84. The Hall–Kier alpha value is -3.52. The minimum Gasteiger partial charge on any atom is -0.490 e. The lowest BCUT2D eigenvalue weighted by Gasteiger charge is -2.32. The Labute approximate surface area is 192 Å². The number of nitrogens with one attached hydrogen (secondary N) is 1. The van der Waals surface area contributed by atoms with Crippen LogP contribution in [0.4, 0.5) is 4.39 Å². The van der Waals surface area contributed by atoms with Crippen LogP contribution in [-0.2, 0) is 6.54 Å². The molecule has 8 heteroatoms. The number of rotatable bonds is 10. The monoisotopic (exact) mass is 452 g/mol. The van der Waals surface area contributed by atoms with Crippen molar-refractivity contribution in [2.45, 2.75) is 25.9 Å². The first-order chi connectivity index (χ1) is 16.0. The second kappa shape index (κ2) is 11.4. The highest BCUT2D eigenvalue weighted by molar-refractivity contribution is 5.94. The van der Waals surface area contributed by atoms with Gasteiger partial charge in [-0.05, 0) is 43.3 Å². The van der Waals surface area contributed by atoms with Gasteiger partial charge in [0.15, 0.2) is 0 Å². The fourth-order valence-corrected chi connectivity index (χ4v) is 3.74. The summed E-state index contributed by atoms with van der Waals surface area (Å²) in [6.45, 7) is 3.17. The van der Waals surface area contributed by atoms with Crippen molar-refractivity contribution in [2.24, 2.45) is 0 Å². The van der Waals surface area contributed by atoms with E-state index in [0.717, 1.165) is 5.56 Å². The molecule has 1 atom stereocenters. The van der Waals surface area contributed by atoms with E-state index < -0.39 is 11.9 Å². The highest BCUT2D eigenvalue weighted by Crippen LogP contribution is 2.25. The van der Waals surface area contributed by atoms with Gasteiger partial charge in [0.2, 0.25) is 5.75 Å². The predicted molar refractivity (Wildman–Crippen MR) is 125 cm³/mol. The van der Waals surface area contributed by atoms with Crippen LogP contribution in [0.3, 0.4) is 0 Å². The summed E-state index contributed by atoms with van der Waals surface area (Å²) in [4.78, 5) is 32.9. The molecule has 1 amide bonds. The largest absolute Gasteiger partial charge is 0.490 e. The summed E-state index contributed by atoms with van der Waals surface area (Å²) in [5.74, 6) is -0.0581. The van der Waals surface area contributed by atoms with Crippen LogP contribution in [0.2, 0.25) is 0 Å². The Morgan fingerprint density at radius 1 is 1.18 bits per heavy atom. The second-order valence-corrected chi connectivity index (χ2v) is 7.59. The molecule has 0 saturated carbocycles. The third-order valence-corrected chi connectivity index (χ3v) is 5.47. The number of amides is 1. The van der Waals surface area contributed by atoms with Gasteiger partial charge in [-0.3, -0.25) is 14.2 Å². The zero-order valence-corrected chi connectivity index (χ0v) is 19.1. The van der Waals surface area contributed by atoms with E-state index in [1.54, 1.807) is 16.5 Å². The van der Waals surface area contributed by atoms with Gasteiger partial charge in [0.25, 0.3) is 11.5 Å². The minimum absolute atomic E-state index is 0.135. The molecule has 0 spiro atoms. The zero-order valence-electron chi connectivity index (χ0n) is 19.1. The fraction of sp³-hybridized carbons (Fsp3) is 0.320. The first-order valence-corrected chi connectivity index (χ1v) is 10.9. The van der Waals surface area contributed by atoms with Crippen molar-refractivity contribution in [3.05, 3.63) is 93.9 Å². The standard InChI is InChI=1S/C25H29FN4O3/c1-4-21(29(15-14-27-2)24(31)19-10-12-20(26)13-11-19)23-28-16-22(33-3)25(32)30(23)17-18-8-6-5-7-9-18/h5-13,16,21,27H,4,14-15,17H2,1-3H3. The number of nitrogens with zero attached hydrogens (tertiary/aromatic N) is 3. The van der Waals surface area contributed by atoms with E-state index >= 15 is 0 Å². The Morgan fingerprint density at radius 3 is 2.48 bits per heavy atom. The molecular weight excluding hydrogens is 423 g/mol. The van der Waals surface area contributed by atoms with E-state index in [-0.39, 0.29) is 17.2 Å². The topological polar surface area (TPSA) is 76.5 Å².